The van der Waals surface area contributed by atoms with Crippen LogP contribution >= 0.6 is 15.9 Å². The van der Waals surface area contributed by atoms with Crippen LogP contribution in [0.5, 0.6) is 5.75 Å². The quantitative estimate of drug-likeness (QED) is 0.422. The topological polar surface area (TPSA) is 64.6 Å². The lowest BCUT2D eigenvalue weighted by Gasteiger charge is -2.10. The summed E-state index contributed by atoms with van der Waals surface area (Å²) < 4.78 is 10.9. The molecule has 0 bridgehead atoms. The van der Waals surface area contributed by atoms with Gasteiger partial charge in [-0.3, -0.25) is 4.79 Å². The number of methoxy groups -OCH3 is 1. The van der Waals surface area contributed by atoms with Crippen LogP contribution in [0, 0.1) is 0 Å². The van der Waals surface area contributed by atoms with Crippen molar-refractivity contribution in [3.63, 3.8) is 0 Å². The van der Waals surface area contributed by atoms with Crippen LogP contribution in [0.25, 0.3) is 6.08 Å². The maximum Gasteiger partial charge on any atom is 0.355 e. The van der Waals surface area contributed by atoms with Gasteiger partial charge in [-0.2, -0.15) is 0 Å². The first-order valence-electron chi connectivity index (χ1n) is 7.74. The van der Waals surface area contributed by atoms with Crippen LogP contribution in [0.1, 0.15) is 15.9 Å². The van der Waals surface area contributed by atoms with Crippen molar-refractivity contribution in [3.8, 4) is 5.75 Å². The molecule has 6 heteroatoms. The first-order chi connectivity index (χ1) is 12.5. The van der Waals surface area contributed by atoms with Gasteiger partial charge in [0.15, 0.2) is 0 Å². The number of hydrogen-bond acceptors (Lipinski definition) is 4. The highest BCUT2D eigenvalue weighted by atomic mass is 79.9. The number of esters is 1. The standard InChI is InChI=1S/C20H18BrNO4/c1-3-11-26-20(24)18(12-14-7-9-17(25-2)10-8-14)22-19(23)15-5-4-6-16(21)13-15/h3-10,12-13H,1,11H2,2H3,(H,22,23). The third-order valence-corrected chi connectivity index (χ3v) is 3.81. The molecule has 0 aliphatic rings. The van der Waals surface area contributed by atoms with Crippen molar-refractivity contribution >= 4 is 33.9 Å². The average Bonchev–Trinajstić information content (AvgIpc) is 2.66. The first-order valence-corrected chi connectivity index (χ1v) is 8.53. The Labute approximate surface area is 160 Å². The summed E-state index contributed by atoms with van der Waals surface area (Å²) >= 11 is 3.32. The number of carbonyl (C=O) groups excluding carboxylic acids is 2. The average molecular weight is 416 g/mol. The van der Waals surface area contributed by atoms with Gasteiger partial charge in [0.1, 0.15) is 18.1 Å². The van der Waals surface area contributed by atoms with E-state index in [-0.39, 0.29) is 12.3 Å². The number of rotatable bonds is 7. The number of amides is 1. The van der Waals surface area contributed by atoms with Crippen molar-refractivity contribution in [1.29, 1.82) is 0 Å². The summed E-state index contributed by atoms with van der Waals surface area (Å²) in [5.41, 5.74) is 1.16. The highest BCUT2D eigenvalue weighted by Crippen LogP contribution is 2.15. The summed E-state index contributed by atoms with van der Waals surface area (Å²) in [6.45, 7) is 3.56. The van der Waals surface area contributed by atoms with E-state index in [4.69, 9.17) is 9.47 Å². The van der Waals surface area contributed by atoms with Crippen LogP contribution < -0.4 is 10.1 Å². The fraction of sp³-hybridized carbons (Fsp3) is 0.100. The Morgan fingerprint density at radius 1 is 1.19 bits per heavy atom. The summed E-state index contributed by atoms with van der Waals surface area (Å²) in [7, 11) is 1.57. The van der Waals surface area contributed by atoms with Gasteiger partial charge in [-0.1, -0.05) is 46.8 Å². The fourth-order valence-corrected chi connectivity index (χ4v) is 2.45. The van der Waals surface area contributed by atoms with Gasteiger partial charge >= 0.3 is 5.97 Å². The van der Waals surface area contributed by atoms with Gasteiger partial charge in [0.05, 0.1) is 7.11 Å². The second kappa shape index (κ2) is 9.58. The maximum atomic E-state index is 12.5. The van der Waals surface area contributed by atoms with Crippen LogP contribution in [-0.2, 0) is 9.53 Å². The van der Waals surface area contributed by atoms with Gasteiger partial charge in [-0.15, -0.1) is 0 Å². The minimum atomic E-state index is -0.649. The summed E-state index contributed by atoms with van der Waals surface area (Å²) in [6.07, 6.45) is 3.00. The van der Waals surface area contributed by atoms with E-state index in [1.54, 1.807) is 55.7 Å². The van der Waals surface area contributed by atoms with Crippen molar-refractivity contribution in [1.82, 2.24) is 5.32 Å². The molecule has 0 spiro atoms. The molecule has 134 valence electrons. The molecule has 0 saturated carbocycles. The van der Waals surface area contributed by atoms with E-state index in [2.05, 4.69) is 27.8 Å². The molecule has 0 unspecified atom stereocenters. The molecule has 0 radical (unpaired) electrons. The molecule has 0 saturated heterocycles. The Balaban J connectivity index is 2.27. The van der Waals surface area contributed by atoms with Crippen molar-refractivity contribution < 1.29 is 19.1 Å². The largest absolute Gasteiger partial charge is 0.497 e. The van der Waals surface area contributed by atoms with Gasteiger partial charge in [0.25, 0.3) is 5.91 Å². The molecule has 5 nitrogen and oxygen atoms in total. The zero-order valence-corrected chi connectivity index (χ0v) is 15.8. The van der Waals surface area contributed by atoms with E-state index in [0.717, 1.165) is 4.47 Å². The Bertz CT molecular complexity index is 828. The van der Waals surface area contributed by atoms with Crippen molar-refractivity contribution in [2.24, 2.45) is 0 Å². The first kappa shape index (κ1) is 19.5. The van der Waals surface area contributed by atoms with Gasteiger partial charge in [0, 0.05) is 10.0 Å². The van der Waals surface area contributed by atoms with Crippen LogP contribution in [0.4, 0.5) is 0 Å². The summed E-state index contributed by atoms with van der Waals surface area (Å²) in [4.78, 5) is 24.7. The van der Waals surface area contributed by atoms with E-state index < -0.39 is 11.9 Å². The molecule has 26 heavy (non-hydrogen) atoms. The number of hydrogen-bond donors (Lipinski definition) is 1. The maximum absolute atomic E-state index is 12.5. The number of halogens is 1. The molecule has 1 amide bonds. The Morgan fingerprint density at radius 2 is 1.92 bits per heavy atom. The van der Waals surface area contributed by atoms with E-state index in [1.165, 1.54) is 6.08 Å². The predicted octanol–water partition coefficient (Wildman–Crippen LogP) is 3.96. The normalized spacial score (nSPS) is 10.8. The van der Waals surface area contributed by atoms with Gasteiger partial charge < -0.3 is 14.8 Å². The SMILES string of the molecule is C=CCOC(=O)C(=Cc1ccc(OC)cc1)NC(=O)c1cccc(Br)c1. The molecular formula is C20H18BrNO4. The van der Waals surface area contributed by atoms with Crippen LogP contribution in [0.2, 0.25) is 0 Å². The minimum Gasteiger partial charge on any atom is -0.497 e. The molecule has 2 aromatic carbocycles. The highest BCUT2D eigenvalue weighted by Gasteiger charge is 2.16. The third-order valence-electron chi connectivity index (χ3n) is 3.31. The van der Waals surface area contributed by atoms with E-state index in [1.807, 2.05) is 6.07 Å². The number of ether oxygens (including phenoxy) is 2. The zero-order chi connectivity index (χ0) is 18.9. The molecule has 0 aromatic heterocycles. The second-order valence-electron chi connectivity index (χ2n) is 5.18. The van der Waals surface area contributed by atoms with Gasteiger partial charge in [0.2, 0.25) is 0 Å². The van der Waals surface area contributed by atoms with Crippen LogP contribution in [0.3, 0.4) is 0 Å². The molecule has 2 aromatic rings. The lowest BCUT2D eigenvalue weighted by Crippen LogP contribution is -2.28. The lowest BCUT2D eigenvalue weighted by atomic mass is 10.1. The van der Waals surface area contributed by atoms with Crippen LogP contribution in [-0.4, -0.2) is 25.6 Å². The summed E-state index contributed by atoms with van der Waals surface area (Å²) in [5, 5.41) is 2.61. The van der Waals surface area contributed by atoms with E-state index in [9.17, 15) is 9.59 Å². The molecule has 0 atom stereocenters. The fourth-order valence-electron chi connectivity index (χ4n) is 2.05. The van der Waals surface area contributed by atoms with Crippen LogP contribution in [0.15, 0.2) is 71.4 Å². The highest BCUT2D eigenvalue weighted by molar-refractivity contribution is 9.10. The molecule has 1 N–H and O–H groups in total. The number of benzene rings is 2. The summed E-state index contributed by atoms with van der Waals surface area (Å²) in [6, 6.07) is 13.9. The molecule has 0 aliphatic carbocycles. The van der Waals surface area contributed by atoms with Gasteiger partial charge in [-0.05, 0) is 42.0 Å². The van der Waals surface area contributed by atoms with E-state index in [0.29, 0.717) is 16.9 Å². The molecule has 2 rings (SSSR count). The predicted molar refractivity (Wildman–Crippen MR) is 104 cm³/mol. The molecule has 0 aliphatic heterocycles. The Hall–Kier alpha value is -2.86. The lowest BCUT2D eigenvalue weighted by molar-refractivity contribution is -0.138. The Kier molecular flexibility index (Phi) is 7.17. The molecule has 0 fully saturated rings. The van der Waals surface area contributed by atoms with Crippen molar-refractivity contribution in [2.75, 3.05) is 13.7 Å². The number of carbonyl (C=O) groups is 2. The summed E-state index contributed by atoms with van der Waals surface area (Å²) in [5.74, 6) is -0.373. The zero-order valence-electron chi connectivity index (χ0n) is 14.2. The minimum absolute atomic E-state index is 0.0296. The Morgan fingerprint density at radius 3 is 2.54 bits per heavy atom. The van der Waals surface area contributed by atoms with Gasteiger partial charge in [-0.25, -0.2) is 4.79 Å². The second-order valence-corrected chi connectivity index (χ2v) is 6.10. The monoisotopic (exact) mass is 415 g/mol. The number of nitrogens with one attached hydrogen (secondary N) is 1. The molecule has 0 heterocycles. The van der Waals surface area contributed by atoms with Crippen molar-refractivity contribution in [2.45, 2.75) is 0 Å². The van der Waals surface area contributed by atoms with E-state index >= 15 is 0 Å². The molecular weight excluding hydrogens is 398 g/mol. The third kappa shape index (κ3) is 5.60. The van der Waals surface area contributed by atoms with Crippen molar-refractivity contribution in [3.05, 3.63) is 82.5 Å². The smallest absolute Gasteiger partial charge is 0.355 e.